The van der Waals surface area contributed by atoms with Gasteiger partial charge in [0.05, 0.1) is 6.10 Å². The molecule has 2 saturated heterocycles. The molecule has 7 heteroatoms. The highest BCUT2D eigenvalue weighted by molar-refractivity contribution is 14.0. The Balaban J connectivity index is 0.00000341. The van der Waals surface area contributed by atoms with Crippen LogP contribution >= 0.6 is 24.0 Å². The number of likely N-dealkylation sites (tertiary alicyclic amines) is 1. The summed E-state index contributed by atoms with van der Waals surface area (Å²) in [7, 11) is 1.82. The summed E-state index contributed by atoms with van der Waals surface area (Å²) in [6.45, 7) is 9.35. The zero-order valence-electron chi connectivity index (χ0n) is 19.4. The molecule has 2 heterocycles. The van der Waals surface area contributed by atoms with Crippen molar-refractivity contribution in [2.75, 3.05) is 33.3 Å². The SMILES string of the molecule is CN=C(NCC1CCCOC1c1ccc(C)cc1)NC1CCN(C(=O)C(C)C)CC1.I. The number of hydrogen-bond acceptors (Lipinski definition) is 3. The van der Waals surface area contributed by atoms with Crippen molar-refractivity contribution in [1.82, 2.24) is 15.5 Å². The topological polar surface area (TPSA) is 66.0 Å². The minimum absolute atomic E-state index is 0. The lowest BCUT2D eigenvalue weighted by Gasteiger charge is -2.35. The van der Waals surface area contributed by atoms with Gasteiger partial charge in [-0.2, -0.15) is 0 Å². The summed E-state index contributed by atoms with van der Waals surface area (Å²) < 4.78 is 6.15. The smallest absolute Gasteiger partial charge is 0.225 e. The summed E-state index contributed by atoms with van der Waals surface area (Å²) in [5.74, 6) is 1.60. The van der Waals surface area contributed by atoms with Gasteiger partial charge in [-0.15, -0.1) is 24.0 Å². The molecule has 174 valence electrons. The first-order chi connectivity index (χ1) is 14.5. The van der Waals surface area contributed by atoms with E-state index in [1.165, 1.54) is 11.1 Å². The van der Waals surface area contributed by atoms with Gasteiger partial charge in [0.25, 0.3) is 0 Å². The van der Waals surface area contributed by atoms with Gasteiger partial charge in [0.15, 0.2) is 5.96 Å². The van der Waals surface area contributed by atoms with Crippen molar-refractivity contribution in [2.45, 2.75) is 58.6 Å². The number of benzene rings is 1. The number of halogens is 1. The molecule has 0 aliphatic carbocycles. The molecular formula is C24H39IN4O2. The standard InChI is InChI=1S/C24H38N4O2.HI/c1-17(2)23(29)28-13-11-21(12-14-28)27-24(25-4)26-16-20-6-5-15-30-22(20)19-9-7-18(3)8-10-19;/h7-10,17,20-22H,5-6,11-16H2,1-4H3,(H2,25,26,27);1H. The van der Waals surface area contributed by atoms with E-state index in [4.69, 9.17) is 4.74 Å². The van der Waals surface area contributed by atoms with Crippen LogP contribution in [0.15, 0.2) is 29.3 Å². The van der Waals surface area contributed by atoms with E-state index in [2.05, 4.69) is 46.8 Å². The fraction of sp³-hybridized carbons (Fsp3) is 0.667. The number of rotatable bonds is 5. The van der Waals surface area contributed by atoms with Crippen molar-refractivity contribution >= 4 is 35.8 Å². The first-order valence-corrected chi connectivity index (χ1v) is 11.4. The maximum Gasteiger partial charge on any atom is 0.225 e. The summed E-state index contributed by atoms with van der Waals surface area (Å²) in [5.41, 5.74) is 2.53. The first kappa shape index (κ1) is 25.9. The average molecular weight is 543 g/mol. The predicted octanol–water partition coefficient (Wildman–Crippen LogP) is 3.89. The maximum atomic E-state index is 12.2. The zero-order valence-corrected chi connectivity index (χ0v) is 21.7. The van der Waals surface area contributed by atoms with Crippen LogP contribution in [0.4, 0.5) is 0 Å². The van der Waals surface area contributed by atoms with Crippen LogP contribution in [-0.4, -0.2) is 56.1 Å². The van der Waals surface area contributed by atoms with Gasteiger partial charge in [-0.25, -0.2) is 0 Å². The number of piperidine rings is 1. The monoisotopic (exact) mass is 542 g/mol. The van der Waals surface area contributed by atoms with Crippen molar-refractivity contribution in [1.29, 1.82) is 0 Å². The molecule has 0 saturated carbocycles. The lowest BCUT2D eigenvalue weighted by molar-refractivity contribution is -0.135. The molecule has 2 N–H and O–H groups in total. The number of hydrogen-bond donors (Lipinski definition) is 2. The Hall–Kier alpha value is -1.35. The Bertz CT molecular complexity index is 715. The quantitative estimate of drug-likeness (QED) is 0.337. The Morgan fingerprint density at radius 2 is 1.87 bits per heavy atom. The second kappa shape index (κ2) is 12.6. The molecule has 0 radical (unpaired) electrons. The Kier molecular flexibility index (Phi) is 10.6. The summed E-state index contributed by atoms with van der Waals surface area (Å²) >= 11 is 0. The van der Waals surface area contributed by atoms with E-state index in [0.29, 0.717) is 12.0 Å². The molecule has 0 aromatic heterocycles. The molecular weight excluding hydrogens is 503 g/mol. The number of nitrogens with zero attached hydrogens (tertiary/aromatic N) is 2. The summed E-state index contributed by atoms with van der Waals surface area (Å²) in [4.78, 5) is 18.6. The normalized spacial score (nSPS) is 22.7. The van der Waals surface area contributed by atoms with Gasteiger partial charge in [0.1, 0.15) is 0 Å². The molecule has 1 amide bonds. The van der Waals surface area contributed by atoms with Gasteiger partial charge >= 0.3 is 0 Å². The Morgan fingerprint density at radius 1 is 1.19 bits per heavy atom. The van der Waals surface area contributed by atoms with Crippen LogP contribution in [0.2, 0.25) is 0 Å². The van der Waals surface area contributed by atoms with Gasteiger partial charge in [-0.3, -0.25) is 9.79 Å². The maximum absolute atomic E-state index is 12.2. The third-order valence-electron chi connectivity index (χ3n) is 6.25. The van der Waals surface area contributed by atoms with Crippen molar-refractivity contribution in [3.63, 3.8) is 0 Å². The summed E-state index contributed by atoms with van der Waals surface area (Å²) in [5, 5.41) is 7.08. The summed E-state index contributed by atoms with van der Waals surface area (Å²) in [6, 6.07) is 9.06. The van der Waals surface area contributed by atoms with Crippen LogP contribution < -0.4 is 10.6 Å². The largest absolute Gasteiger partial charge is 0.373 e. The second-order valence-electron chi connectivity index (χ2n) is 8.96. The molecule has 2 fully saturated rings. The van der Waals surface area contributed by atoms with E-state index < -0.39 is 0 Å². The van der Waals surface area contributed by atoms with Crippen LogP contribution in [0, 0.1) is 18.8 Å². The van der Waals surface area contributed by atoms with Crippen LogP contribution in [0.1, 0.15) is 56.8 Å². The number of nitrogens with one attached hydrogen (secondary N) is 2. The molecule has 2 unspecified atom stereocenters. The second-order valence-corrected chi connectivity index (χ2v) is 8.96. The predicted molar refractivity (Wildman–Crippen MR) is 137 cm³/mol. The molecule has 2 atom stereocenters. The lowest BCUT2D eigenvalue weighted by atomic mass is 9.89. The van der Waals surface area contributed by atoms with Crippen LogP contribution in [-0.2, 0) is 9.53 Å². The molecule has 6 nitrogen and oxygen atoms in total. The minimum Gasteiger partial charge on any atom is -0.373 e. The molecule has 1 aromatic carbocycles. The number of aryl methyl sites for hydroxylation is 1. The summed E-state index contributed by atoms with van der Waals surface area (Å²) in [6.07, 6.45) is 4.30. The van der Waals surface area contributed by atoms with E-state index in [1.807, 2.05) is 25.8 Å². The molecule has 31 heavy (non-hydrogen) atoms. The van der Waals surface area contributed by atoms with Crippen molar-refractivity contribution in [3.8, 4) is 0 Å². The molecule has 3 rings (SSSR count). The van der Waals surface area contributed by atoms with Crippen LogP contribution in [0.5, 0.6) is 0 Å². The third kappa shape index (κ3) is 7.34. The van der Waals surface area contributed by atoms with Gasteiger partial charge in [-0.05, 0) is 38.2 Å². The van der Waals surface area contributed by atoms with Crippen LogP contribution in [0.3, 0.4) is 0 Å². The molecule has 0 spiro atoms. The molecule has 2 aliphatic heterocycles. The number of aliphatic imine (C=N–C) groups is 1. The van der Waals surface area contributed by atoms with Crippen molar-refractivity contribution in [3.05, 3.63) is 35.4 Å². The average Bonchev–Trinajstić information content (AvgIpc) is 2.77. The fourth-order valence-corrected chi connectivity index (χ4v) is 4.40. The Labute approximate surface area is 204 Å². The third-order valence-corrected chi connectivity index (χ3v) is 6.25. The number of amides is 1. The van der Waals surface area contributed by atoms with E-state index >= 15 is 0 Å². The van der Waals surface area contributed by atoms with Gasteiger partial charge < -0.3 is 20.3 Å². The van der Waals surface area contributed by atoms with Crippen molar-refractivity contribution < 1.29 is 9.53 Å². The molecule has 0 bridgehead atoms. The van der Waals surface area contributed by atoms with Gasteiger partial charge in [-0.1, -0.05) is 43.7 Å². The number of carbonyl (C=O) groups is 1. The highest BCUT2D eigenvalue weighted by Gasteiger charge is 2.28. The number of ether oxygens (including phenoxy) is 1. The number of guanidine groups is 1. The van der Waals surface area contributed by atoms with E-state index in [0.717, 1.165) is 57.9 Å². The lowest BCUT2D eigenvalue weighted by Crippen LogP contribution is -2.51. The van der Waals surface area contributed by atoms with Gasteiger partial charge in [0.2, 0.25) is 5.91 Å². The van der Waals surface area contributed by atoms with Crippen LogP contribution in [0.25, 0.3) is 0 Å². The van der Waals surface area contributed by atoms with Crippen molar-refractivity contribution in [2.24, 2.45) is 16.8 Å². The van der Waals surface area contributed by atoms with E-state index in [9.17, 15) is 4.79 Å². The van der Waals surface area contributed by atoms with Gasteiger partial charge in [0, 0.05) is 51.2 Å². The first-order valence-electron chi connectivity index (χ1n) is 11.4. The highest BCUT2D eigenvalue weighted by Crippen LogP contribution is 2.33. The highest BCUT2D eigenvalue weighted by atomic mass is 127. The molecule has 1 aromatic rings. The van der Waals surface area contributed by atoms with E-state index in [-0.39, 0.29) is 41.9 Å². The zero-order chi connectivity index (χ0) is 21.5. The number of carbonyl (C=O) groups excluding carboxylic acids is 1. The van der Waals surface area contributed by atoms with E-state index in [1.54, 1.807) is 0 Å². The Morgan fingerprint density at radius 3 is 2.48 bits per heavy atom. The minimum atomic E-state index is 0. The molecule has 2 aliphatic rings. The fourth-order valence-electron chi connectivity index (χ4n) is 4.40.